The van der Waals surface area contributed by atoms with Crippen molar-refractivity contribution in [2.45, 2.75) is 116 Å². The highest BCUT2D eigenvalue weighted by Crippen LogP contribution is 2.28. The Morgan fingerprint density at radius 1 is 0.643 bits per heavy atom. The predicted octanol–water partition coefficient (Wildman–Crippen LogP) is 7.90. The quantitative estimate of drug-likeness (QED) is 0.119. The van der Waals surface area contributed by atoms with E-state index >= 15 is 0 Å². The van der Waals surface area contributed by atoms with E-state index in [4.69, 9.17) is 9.47 Å². The van der Waals surface area contributed by atoms with Crippen molar-refractivity contribution < 1.29 is 19.1 Å². The molecule has 0 saturated heterocycles. The number of hydrogen-bond acceptors (Lipinski definition) is 6. The normalized spacial score (nSPS) is 17.0. The van der Waals surface area contributed by atoms with Crippen LogP contribution >= 0.6 is 0 Å². The van der Waals surface area contributed by atoms with Crippen molar-refractivity contribution in [3.63, 3.8) is 0 Å². The lowest BCUT2D eigenvalue weighted by Crippen LogP contribution is -2.09. The first kappa shape index (κ1) is 31.5. The van der Waals surface area contributed by atoms with Gasteiger partial charge in [0.15, 0.2) is 0 Å². The second kappa shape index (κ2) is 18.2. The molecule has 2 aliphatic carbocycles. The maximum atomic E-state index is 12.1. The fourth-order valence-corrected chi connectivity index (χ4v) is 5.99. The van der Waals surface area contributed by atoms with Gasteiger partial charge in [-0.1, -0.05) is 88.5 Å². The number of ether oxygens (including phenoxy) is 2. The van der Waals surface area contributed by atoms with Crippen molar-refractivity contribution in [2.75, 3.05) is 0 Å². The zero-order chi connectivity index (χ0) is 29.2. The lowest BCUT2D eigenvalue weighted by molar-refractivity contribution is -0.132. The average molecular weight is 577 g/mol. The van der Waals surface area contributed by atoms with E-state index < -0.39 is 11.9 Å². The van der Waals surface area contributed by atoms with E-state index in [1.54, 1.807) is 12.4 Å². The summed E-state index contributed by atoms with van der Waals surface area (Å²) in [5, 5.41) is 0. The third kappa shape index (κ3) is 12.2. The van der Waals surface area contributed by atoms with Gasteiger partial charge in [0.1, 0.15) is 0 Å². The van der Waals surface area contributed by atoms with Crippen LogP contribution in [0.25, 0.3) is 0 Å². The molecular formula is C34H48N4O4. The van der Waals surface area contributed by atoms with Gasteiger partial charge in [-0.2, -0.15) is 0 Å². The van der Waals surface area contributed by atoms with Crippen molar-refractivity contribution in [1.82, 2.24) is 19.9 Å². The summed E-state index contributed by atoms with van der Waals surface area (Å²) in [7, 11) is 0. The second-order valence-corrected chi connectivity index (χ2v) is 11.8. The molecule has 2 aromatic rings. The summed E-state index contributed by atoms with van der Waals surface area (Å²) in [5.74, 6) is 0.381. The highest BCUT2D eigenvalue weighted by atomic mass is 16.6. The number of carbonyl (C=O) groups excluding carboxylic acids is 2. The molecule has 0 atom stereocenters. The van der Waals surface area contributed by atoms with Crippen molar-refractivity contribution in [3.05, 3.63) is 60.2 Å². The van der Waals surface area contributed by atoms with Crippen LogP contribution in [0.15, 0.2) is 48.8 Å². The molecule has 2 N–H and O–H groups in total. The summed E-state index contributed by atoms with van der Waals surface area (Å²) in [6.07, 6.45) is 36.5. The lowest BCUT2D eigenvalue weighted by atomic mass is 9.86. The molecule has 0 spiro atoms. The summed E-state index contributed by atoms with van der Waals surface area (Å²) < 4.78 is 10.3. The summed E-state index contributed by atoms with van der Waals surface area (Å²) in [6, 6.07) is 0.209. The SMILES string of the molecule is O=C(/C=C\C(=O)Oc1ncc(CC/C=C\CCC2CCCCC2)[nH]1)Oc1ncc(CC/C=C\CCC2CCCCC2)[nH]1. The molecule has 42 heavy (non-hydrogen) atoms. The van der Waals surface area contributed by atoms with Gasteiger partial charge in [0.25, 0.3) is 0 Å². The van der Waals surface area contributed by atoms with Gasteiger partial charge < -0.3 is 19.4 Å². The van der Waals surface area contributed by atoms with Gasteiger partial charge in [-0.05, 0) is 63.2 Å². The Bertz CT molecular complexity index is 1080. The Morgan fingerprint density at radius 2 is 1.05 bits per heavy atom. The molecule has 0 unspecified atom stereocenters. The number of aryl methyl sites for hydroxylation is 2. The molecule has 4 rings (SSSR count). The van der Waals surface area contributed by atoms with Gasteiger partial charge in [-0.25, -0.2) is 19.6 Å². The number of aromatic nitrogens is 4. The van der Waals surface area contributed by atoms with Crippen LogP contribution < -0.4 is 9.47 Å². The minimum absolute atomic E-state index is 0.105. The van der Waals surface area contributed by atoms with Gasteiger partial charge in [0, 0.05) is 23.5 Å². The van der Waals surface area contributed by atoms with Crippen molar-refractivity contribution in [1.29, 1.82) is 0 Å². The third-order valence-corrected chi connectivity index (χ3v) is 8.39. The Hall–Kier alpha value is -3.42. The van der Waals surface area contributed by atoms with Crippen molar-refractivity contribution in [2.24, 2.45) is 11.8 Å². The Kier molecular flexibility index (Phi) is 13.6. The first-order valence-electron chi connectivity index (χ1n) is 16.1. The van der Waals surface area contributed by atoms with Crippen LogP contribution in [0.4, 0.5) is 0 Å². The number of esters is 2. The van der Waals surface area contributed by atoms with Gasteiger partial charge in [-0.15, -0.1) is 0 Å². The van der Waals surface area contributed by atoms with E-state index in [1.807, 2.05) is 0 Å². The minimum Gasteiger partial charge on any atom is -0.389 e. The molecule has 0 radical (unpaired) electrons. The minimum atomic E-state index is -0.717. The molecule has 0 amide bonds. The first-order valence-corrected chi connectivity index (χ1v) is 16.1. The number of rotatable bonds is 16. The monoisotopic (exact) mass is 576 g/mol. The number of H-pyrrole nitrogens is 2. The van der Waals surface area contributed by atoms with E-state index in [9.17, 15) is 9.59 Å². The molecule has 2 heterocycles. The molecule has 228 valence electrons. The van der Waals surface area contributed by atoms with Crippen LogP contribution in [0.2, 0.25) is 0 Å². The van der Waals surface area contributed by atoms with Crippen LogP contribution in [0.1, 0.15) is 114 Å². The topological polar surface area (TPSA) is 110 Å². The number of hydrogen-bond donors (Lipinski definition) is 2. The fourth-order valence-electron chi connectivity index (χ4n) is 5.99. The lowest BCUT2D eigenvalue weighted by Gasteiger charge is -2.20. The van der Waals surface area contributed by atoms with Crippen LogP contribution in [0.3, 0.4) is 0 Å². The highest BCUT2D eigenvalue weighted by Gasteiger charge is 2.13. The Labute approximate surface area is 250 Å². The molecule has 0 bridgehead atoms. The smallest absolute Gasteiger partial charge is 0.338 e. The van der Waals surface area contributed by atoms with Gasteiger partial charge in [0.2, 0.25) is 0 Å². The number of nitrogens with zero attached hydrogens (tertiary/aromatic N) is 2. The van der Waals surface area contributed by atoms with Crippen molar-refractivity contribution >= 4 is 11.9 Å². The van der Waals surface area contributed by atoms with E-state index in [-0.39, 0.29) is 12.0 Å². The number of carbonyl (C=O) groups is 2. The zero-order valence-corrected chi connectivity index (χ0v) is 25.0. The fraction of sp³-hybridized carbons (Fsp3) is 0.588. The van der Waals surface area contributed by atoms with E-state index in [0.29, 0.717) is 0 Å². The summed E-state index contributed by atoms with van der Waals surface area (Å²) in [6.45, 7) is 0. The molecule has 8 heteroatoms. The molecule has 8 nitrogen and oxygen atoms in total. The summed E-state index contributed by atoms with van der Waals surface area (Å²) in [4.78, 5) is 38.4. The predicted molar refractivity (Wildman–Crippen MR) is 164 cm³/mol. The average Bonchev–Trinajstić information content (AvgIpc) is 3.65. The second-order valence-electron chi connectivity index (χ2n) is 11.8. The largest absolute Gasteiger partial charge is 0.389 e. The molecule has 0 aromatic carbocycles. The Morgan fingerprint density at radius 3 is 1.48 bits per heavy atom. The molecule has 2 aliphatic rings. The third-order valence-electron chi connectivity index (χ3n) is 8.39. The van der Waals surface area contributed by atoms with Crippen LogP contribution in [-0.2, 0) is 22.4 Å². The van der Waals surface area contributed by atoms with Crippen LogP contribution in [0, 0.1) is 11.8 Å². The molecule has 2 aromatic heterocycles. The van der Waals surface area contributed by atoms with Crippen LogP contribution in [0.5, 0.6) is 12.0 Å². The first-order chi connectivity index (χ1) is 20.6. The summed E-state index contributed by atoms with van der Waals surface area (Å²) >= 11 is 0. The van der Waals surface area contributed by atoms with E-state index in [0.717, 1.165) is 73.9 Å². The number of aromatic amines is 2. The number of allylic oxidation sites excluding steroid dienone is 4. The van der Waals surface area contributed by atoms with Gasteiger partial charge in [0.05, 0.1) is 12.4 Å². The van der Waals surface area contributed by atoms with E-state index in [1.165, 1.54) is 77.0 Å². The van der Waals surface area contributed by atoms with Crippen molar-refractivity contribution in [3.8, 4) is 12.0 Å². The molecule has 2 saturated carbocycles. The highest BCUT2D eigenvalue weighted by molar-refractivity contribution is 5.93. The number of imidazole rings is 2. The molecule has 2 fully saturated rings. The molecule has 0 aliphatic heterocycles. The maximum absolute atomic E-state index is 12.1. The van der Waals surface area contributed by atoms with E-state index in [2.05, 4.69) is 44.2 Å². The Balaban J connectivity index is 1.06. The standard InChI is InChI=1S/C34H48N4O4/c39-31(41-33-35-25-29(37-33)21-13-3-1-7-15-27-17-9-5-10-18-27)23-24-32(40)42-34-36-26-30(38-34)22-14-4-2-8-16-28-19-11-6-12-20-28/h1-4,23-28H,5-22H2,(H,35,37)(H,36,38)/b3-1-,4-2-,24-23-. The zero-order valence-electron chi connectivity index (χ0n) is 25.0. The van der Waals surface area contributed by atoms with Gasteiger partial charge in [-0.3, -0.25) is 0 Å². The maximum Gasteiger partial charge on any atom is 0.338 e. The van der Waals surface area contributed by atoms with Crippen LogP contribution in [-0.4, -0.2) is 31.9 Å². The number of nitrogens with one attached hydrogen (secondary N) is 2. The van der Waals surface area contributed by atoms with Gasteiger partial charge >= 0.3 is 24.0 Å². The molecular weight excluding hydrogens is 528 g/mol. The summed E-state index contributed by atoms with van der Waals surface area (Å²) in [5.41, 5.74) is 1.78.